The Morgan fingerprint density at radius 1 is 1.30 bits per heavy atom. The van der Waals surface area contributed by atoms with Crippen molar-refractivity contribution in [2.45, 2.75) is 31.2 Å². The molecule has 0 saturated carbocycles. The summed E-state index contributed by atoms with van der Waals surface area (Å²) in [7, 11) is 1.71. The maximum absolute atomic E-state index is 4.47. The fraction of sp³-hybridized carbons (Fsp3) is 0.462. The third kappa shape index (κ3) is 3.02. The number of nitrogens with zero attached hydrogens (tertiary/aromatic N) is 3. The Labute approximate surface area is 148 Å². The molecule has 1 saturated heterocycles. The van der Waals surface area contributed by atoms with Crippen molar-refractivity contribution in [1.29, 1.82) is 0 Å². The molecule has 1 aliphatic rings. The van der Waals surface area contributed by atoms with Crippen LogP contribution in [-0.2, 0) is 0 Å². The molecule has 0 aliphatic carbocycles. The van der Waals surface area contributed by atoms with E-state index in [-0.39, 0.29) is 0 Å². The SMILES string of the molecule is Cc1ncc2c(cc(SN3CCCCC3)n2SI)c1Br. The molecule has 3 nitrogen and oxygen atoms in total. The van der Waals surface area contributed by atoms with Crippen LogP contribution in [0.15, 0.2) is 21.8 Å². The summed E-state index contributed by atoms with van der Waals surface area (Å²) in [5, 5.41) is 2.54. The molecule has 20 heavy (non-hydrogen) atoms. The summed E-state index contributed by atoms with van der Waals surface area (Å²) in [6, 6.07) is 2.28. The molecule has 0 atom stereocenters. The van der Waals surface area contributed by atoms with Crippen molar-refractivity contribution in [2.75, 3.05) is 13.1 Å². The van der Waals surface area contributed by atoms with Gasteiger partial charge in [0, 0.05) is 53.3 Å². The number of halogens is 2. The lowest BCUT2D eigenvalue weighted by atomic mass is 10.2. The second kappa shape index (κ2) is 6.76. The predicted molar refractivity (Wildman–Crippen MR) is 100 cm³/mol. The zero-order chi connectivity index (χ0) is 14.1. The molecule has 0 radical (unpaired) electrons. The summed E-state index contributed by atoms with van der Waals surface area (Å²) in [6.45, 7) is 4.42. The highest BCUT2D eigenvalue weighted by molar-refractivity contribution is 14.2. The van der Waals surface area contributed by atoms with Gasteiger partial charge < -0.3 is 0 Å². The van der Waals surface area contributed by atoms with Crippen molar-refractivity contribution in [2.24, 2.45) is 0 Å². The summed E-state index contributed by atoms with van der Waals surface area (Å²) in [5.74, 6) is 0. The first kappa shape index (κ1) is 15.5. The summed E-state index contributed by atoms with van der Waals surface area (Å²) in [5.41, 5.74) is 2.23. The van der Waals surface area contributed by atoms with Gasteiger partial charge in [-0.05, 0) is 53.7 Å². The van der Waals surface area contributed by atoms with Gasteiger partial charge in [0.15, 0.2) is 0 Å². The van der Waals surface area contributed by atoms with Gasteiger partial charge in [-0.3, -0.25) is 8.96 Å². The van der Waals surface area contributed by atoms with Gasteiger partial charge in [0.1, 0.15) is 5.03 Å². The van der Waals surface area contributed by atoms with Crippen molar-refractivity contribution in [3.8, 4) is 0 Å². The molecule has 2 aromatic rings. The fourth-order valence-corrected chi connectivity index (χ4v) is 6.11. The second-order valence-electron chi connectivity index (χ2n) is 4.88. The Hall–Kier alpha value is 0.560. The summed E-state index contributed by atoms with van der Waals surface area (Å²) < 4.78 is 5.86. The van der Waals surface area contributed by atoms with Gasteiger partial charge in [-0.1, -0.05) is 6.42 Å². The van der Waals surface area contributed by atoms with Crippen LogP contribution in [0.25, 0.3) is 10.9 Å². The van der Waals surface area contributed by atoms with E-state index < -0.39 is 0 Å². The molecule has 3 rings (SSSR count). The minimum Gasteiger partial charge on any atom is -0.266 e. The Balaban J connectivity index is 1.99. The van der Waals surface area contributed by atoms with E-state index in [1.165, 1.54) is 48.3 Å². The number of aryl methyl sites for hydroxylation is 1. The fourth-order valence-electron chi connectivity index (χ4n) is 2.41. The Kier molecular flexibility index (Phi) is 5.23. The van der Waals surface area contributed by atoms with Gasteiger partial charge in [0.25, 0.3) is 0 Å². The van der Waals surface area contributed by atoms with Crippen LogP contribution in [-0.4, -0.2) is 26.4 Å². The van der Waals surface area contributed by atoms with Crippen LogP contribution in [0.1, 0.15) is 25.0 Å². The molecule has 0 unspecified atom stereocenters. The molecule has 2 aromatic heterocycles. The van der Waals surface area contributed by atoms with E-state index in [4.69, 9.17) is 0 Å². The molecule has 7 heteroatoms. The molecule has 1 fully saturated rings. The van der Waals surface area contributed by atoms with Crippen LogP contribution >= 0.6 is 58.2 Å². The van der Waals surface area contributed by atoms with Crippen molar-refractivity contribution >= 4 is 69.1 Å². The first-order valence-electron chi connectivity index (χ1n) is 6.59. The highest BCUT2D eigenvalue weighted by atomic mass is 127. The van der Waals surface area contributed by atoms with Crippen molar-refractivity contribution in [3.63, 3.8) is 0 Å². The summed E-state index contributed by atoms with van der Waals surface area (Å²) in [6.07, 6.45) is 5.97. The number of rotatable bonds is 3. The van der Waals surface area contributed by atoms with Gasteiger partial charge in [0.05, 0.1) is 17.4 Å². The topological polar surface area (TPSA) is 21.1 Å². The highest BCUT2D eigenvalue weighted by Crippen LogP contribution is 2.39. The standard InChI is InChI=1S/C13H15BrIN3S2/c1-9-13(14)10-7-12(18(20-15)11(10)8-16-9)19-17-5-3-2-4-6-17/h7-8H,2-6H2,1H3. The van der Waals surface area contributed by atoms with Crippen LogP contribution in [0, 0.1) is 6.92 Å². The molecule has 3 heterocycles. The Morgan fingerprint density at radius 2 is 2.05 bits per heavy atom. The number of pyridine rings is 1. The van der Waals surface area contributed by atoms with E-state index in [0.717, 1.165) is 10.2 Å². The van der Waals surface area contributed by atoms with Gasteiger partial charge >= 0.3 is 0 Å². The molecule has 0 aromatic carbocycles. The molecule has 1 aliphatic heterocycles. The zero-order valence-electron chi connectivity index (χ0n) is 11.1. The first-order valence-corrected chi connectivity index (χ1v) is 11.5. The van der Waals surface area contributed by atoms with E-state index in [1.807, 2.05) is 25.1 Å². The van der Waals surface area contributed by atoms with E-state index in [0.29, 0.717) is 0 Å². The van der Waals surface area contributed by atoms with Crippen LogP contribution in [0.4, 0.5) is 0 Å². The van der Waals surface area contributed by atoms with Gasteiger partial charge in [0.2, 0.25) is 0 Å². The number of fused-ring (bicyclic) bond motifs is 1. The second-order valence-corrected chi connectivity index (χ2v) is 8.48. The van der Waals surface area contributed by atoms with Crippen molar-refractivity contribution in [1.82, 2.24) is 13.3 Å². The molecular formula is C13H15BrIN3S2. The maximum Gasteiger partial charge on any atom is 0.103 e. The lowest BCUT2D eigenvalue weighted by molar-refractivity contribution is 0.380. The Morgan fingerprint density at radius 3 is 2.75 bits per heavy atom. The number of hydrogen-bond acceptors (Lipinski definition) is 4. The number of aromatic nitrogens is 2. The minimum atomic E-state index is 1.04. The van der Waals surface area contributed by atoms with Crippen LogP contribution in [0.3, 0.4) is 0 Å². The van der Waals surface area contributed by atoms with Gasteiger partial charge in [-0.2, -0.15) is 0 Å². The molecular weight excluding hydrogens is 469 g/mol. The predicted octanol–water partition coefficient (Wildman–Crippen LogP) is 5.45. The molecule has 0 bridgehead atoms. The molecule has 0 N–H and O–H groups in total. The van der Waals surface area contributed by atoms with Crippen LogP contribution in [0.5, 0.6) is 0 Å². The van der Waals surface area contributed by atoms with E-state index in [2.05, 4.69) is 56.5 Å². The van der Waals surface area contributed by atoms with Crippen LogP contribution < -0.4 is 0 Å². The number of piperidine rings is 1. The average molecular weight is 484 g/mol. The summed E-state index contributed by atoms with van der Waals surface area (Å²) in [4.78, 5) is 4.47. The Bertz CT molecular complexity index is 626. The van der Waals surface area contributed by atoms with Crippen molar-refractivity contribution < 1.29 is 0 Å². The molecule has 0 spiro atoms. The van der Waals surface area contributed by atoms with E-state index >= 15 is 0 Å². The van der Waals surface area contributed by atoms with E-state index in [9.17, 15) is 0 Å². The minimum absolute atomic E-state index is 1.04. The van der Waals surface area contributed by atoms with Gasteiger partial charge in [-0.25, -0.2) is 4.31 Å². The largest absolute Gasteiger partial charge is 0.266 e. The van der Waals surface area contributed by atoms with Crippen molar-refractivity contribution in [3.05, 3.63) is 22.4 Å². The lowest BCUT2D eigenvalue weighted by Gasteiger charge is -2.25. The third-order valence-electron chi connectivity index (χ3n) is 3.50. The lowest BCUT2D eigenvalue weighted by Crippen LogP contribution is -2.23. The zero-order valence-corrected chi connectivity index (χ0v) is 16.5. The quantitative estimate of drug-likeness (QED) is 0.427. The average Bonchev–Trinajstić information content (AvgIpc) is 2.82. The monoisotopic (exact) mass is 483 g/mol. The van der Waals surface area contributed by atoms with Gasteiger partial charge in [-0.15, -0.1) is 0 Å². The highest BCUT2D eigenvalue weighted by Gasteiger charge is 2.18. The smallest absolute Gasteiger partial charge is 0.103 e. The third-order valence-corrected chi connectivity index (χ3v) is 7.44. The molecule has 108 valence electrons. The summed E-state index contributed by atoms with van der Waals surface area (Å²) >= 11 is 7.89. The number of hydrogen-bond donors (Lipinski definition) is 0. The first-order chi connectivity index (χ1) is 9.70. The molecule has 0 amide bonds. The maximum atomic E-state index is 4.47. The van der Waals surface area contributed by atoms with E-state index in [1.54, 1.807) is 9.12 Å². The van der Waals surface area contributed by atoms with Crippen LogP contribution in [0.2, 0.25) is 0 Å². The normalized spacial score (nSPS) is 16.9.